The number of aryl methyl sites for hydroxylation is 1. The SMILES string of the molecule is Cc1ccc(C(=O)N/N=C/c2cc(Br)cc(Br)c2O)cn1. The van der Waals surface area contributed by atoms with Crippen LogP contribution in [0.25, 0.3) is 0 Å². The van der Waals surface area contributed by atoms with Crippen LogP contribution < -0.4 is 5.43 Å². The number of nitrogens with one attached hydrogen (secondary N) is 1. The molecule has 21 heavy (non-hydrogen) atoms. The molecular weight excluding hydrogens is 402 g/mol. The Hall–Kier alpha value is -1.73. The Labute approximate surface area is 138 Å². The molecule has 0 radical (unpaired) electrons. The van der Waals surface area contributed by atoms with Crippen LogP contribution in [0.15, 0.2) is 44.5 Å². The molecule has 0 fully saturated rings. The van der Waals surface area contributed by atoms with Gasteiger partial charge in [-0.3, -0.25) is 9.78 Å². The monoisotopic (exact) mass is 411 g/mol. The maximum Gasteiger partial charge on any atom is 0.272 e. The second-order valence-corrected chi connectivity index (χ2v) is 5.98. The maximum absolute atomic E-state index is 11.8. The largest absolute Gasteiger partial charge is 0.506 e. The summed E-state index contributed by atoms with van der Waals surface area (Å²) in [7, 11) is 0. The Balaban J connectivity index is 2.09. The van der Waals surface area contributed by atoms with E-state index >= 15 is 0 Å². The van der Waals surface area contributed by atoms with Gasteiger partial charge in [0.25, 0.3) is 5.91 Å². The van der Waals surface area contributed by atoms with Crippen molar-refractivity contribution in [3.8, 4) is 5.75 Å². The van der Waals surface area contributed by atoms with Crippen LogP contribution in [0, 0.1) is 6.92 Å². The van der Waals surface area contributed by atoms with Crippen molar-refractivity contribution in [3.05, 3.63) is 56.2 Å². The van der Waals surface area contributed by atoms with E-state index in [-0.39, 0.29) is 11.7 Å². The lowest BCUT2D eigenvalue weighted by molar-refractivity contribution is 0.0954. The number of aromatic hydroxyl groups is 1. The number of halogens is 2. The highest BCUT2D eigenvalue weighted by atomic mass is 79.9. The smallest absolute Gasteiger partial charge is 0.272 e. The molecule has 2 rings (SSSR count). The first-order chi connectivity index (χ1) is 9.97. The van der Waals surface area contributed by atoms with Crippen molar-refractivity contribution in [2.75, 3.05) is 0 Å². The zero-order valence-electron chi connectivity index (χ0n) is 11.0. The van der Waals surface area contributed by atoms with Crippen LogP contribution in [0.4, 0.5) is 0 Å². The maximum atomic E-state index is 11.8. The van der Waals surface area contributed by atoms with Crippen LogP contribution in [-0.4, -0.2) is 22.2 Å². The van der Waals surface area contributed by atoms with Gasteiger partial charge >= 0.3 is 0 Å². The Morgan fingerprint density at radius 2 is 2.14 bits per heavy atom. The predicted molar refractivity (Wildman–Crippen MR) is 87.5 cm³/mol. The van der Waals surface area contributed by atoms with Crippen LogP contribution in [0.3, 0.4) is 0 Å². The molecule has 7 heteroatoms. The molecule has 0 saturated carbocycles. The van der Waals surface area contributed by atoms with Crippen LogP contribution in [0.2, 0.25) is 0 Å². The molecule has 1 heterocycles. The average molecular weight is 413 g/mol. The van der Waals surface area contributed by atoms with Crippen LogP contribution >= 0.6 is 31.9 Å². The molecule has 108 valence electrons. The first-order valence-electron chi connectivity index (χ1n) is 5.91. The first-order valence-corrected chi connectivity index (χ1v) is 7.50. The molecule has 1 aromatic carbocycles. The topological polar surface area (TPSA) is 74.6 Å². The lowest BCUT2D eigenvalue weighted by Gasteiger charge is -2.03. The van der Waals surface area contributed by atoms with Gasteiger partial charge in [-0.05, 0) is 47.1 Å². The molecule has 0 atom stereocenters. The normalized spacial score (nSPS) is 10.8. The quantitative estimate of drug-likeness (QED) is 0.599. The van der Waals surface area contributed by atoms with E-state index in [0.29, 0.717) is 15.6 Å². The summed E-state index contributed by atoms with van der Waals surface area (Å²) in [5.41, 5.74) is 4.10. The second kappa shape index (κ2) is 6.82. The fourth-order valence-corrected chi connectivity index (χ4v) is 2.77. The number of carbonyl (C=O) groups is 1. The van der Waals surface area contributed by atoms with Gasteiger partial charge in [0, 0.05) is 21.9 Å². The molecule has 0 saturated heterocycles. The van der Waals surface area contributed by atoms with E-state index in [4.69, 9.17) is 0 Å². The molecule has 0 bridgehead atoms. The third-order valence-corrected chi connectivity index (χ3v) is 3.66. The van der Waals surface area contributed by atoms with Crippen molar-refractivity contribution in [2.24, 2.45) is 5.10 Å². The summed E-state index contributed by atoms with van der Waals surface area (Å²) in [6.07, 6.45) is 2.84. The fourth-order valence-electron chi connectivity index (χ4n) is 1.51. The highest BCUT2D eigenvalue weighted by molar-refractivity contribution is 9.11. The highest BCUT2D eigenvalue weighted by Gasteiger charge is 2.06. The van der Waals surface area contributed by atoms with Gasteiger partial charge in [0.2, 0.25) is 0 Å². The van der Waals surface area contributed by atoms with Crippen molar-refractivity contribution in [3.63, 3.8) is 0 Å². The number of hydrazone groups is 1. The highest BCUT2D eigenvalue weighted by Crippen LogP contribution is 2.30. The molecule has 1 aromatic heterocycles. The number of benzene rings is 1. The molecule has 1 amide bonds. The van der Waals surface area contributed by atoms with E-state index in [2.05, 4.69) is 47.4 Å². The van der Waals surface area contributed by atoms with Crippen LogP contribution in [0.1, 0.15) is 21.6 Å². The fraction of sp³-hybridized carbons (Fsp3) is 0.0714. The number of aromatic nitrogens is 1. The van der Waals surface area contributed by atoms with Crippen LogP contribution in [0.5, 0.6) is 5.75 Å². The van der Waals surface area contributed by atoms with E-state index in [1.807, 2.05) is 6.92 Å². The Morgan fingerprint density at radius 1 is 1.38 bits per heavy atom. The summed E-state index contributed by atoms with van der Waals surface area (Å²) < 4.78 is 1.31. The van der Waals surface area contributed by atoms with Crippen molar-refractivity contribution in [1.82, 2.24) is 10.4 Å². The number of nitrogens with zero attached hydrogens (tertiary/aromatic N) is 2. The molecule has 2 aromatic rings. The number of hydrogen-bond acceptors (Lipinski definition) is 4. The zero-order chi connectivity index (χ0) is 15.4. The molecule has 2 N–H and O–H groups in total. The third kappa shape index (κ3) is 4.12. The molecule has 0 unspecified atom stereocenters. The van der Waals surface area contributed by atoms with Gasteiger partial charge in [-0.25, -0.2) is 5.43 Å². The minimum atomic E-state index is -0.368. The minimum Gasteiger partial charge on any atom is -0.506 e. The number of rotatable bonds is 3. The van der Waals surface area contributed by atoms with Crippen molar-refractivity contribution < 1.29 is 9.90 Å². The van der Waals surface area contributed by atoms with E-state index < -0.39 is 0 Å². The Bertz CT molecular complexity index is 700. The van der Waals surface area contributed by atoms with Gasteiger partial charge in [-0.1, -0.05) is 15.9 Å². The van der Waals surface area contributed by atoms with E-state index in [1.165, 1.54) is 12.4 Å². The van der Waals surface area contributed by atoms with Gasteiger partial charge in [-0.2, -0.15) is 5.10 Å². The molecule has 0 aliphatic rings. The lowest BCUT2D eigenvalue weighted by atomic mass is 10.2. The van der Waals surface area contributed by atoms with Gasteiger partial charge in [0.15, 0.2) is 0 Å². The summed E-state index contributed by atoms with van der Waals surface area (Å²) in [4.78, 5) is 15.9. The van der Waals surface area contributed by atoms with Gasteiger partial charge in [-0.15, -0.1) is 0 Å². The summed E-state index contributed by atoms with van der Waals surface area (Å²) in [6.45, 7) is 1.84. The number of carbonyl (C=O) groups excluding carboxylic acids is 1. The molecule has 0 aliphatic carbocycles. The number of amides is 1. The van der Waals surface area contributed by atoms with Crippen LogP contribution in [-0.2, 0) is 0 Å². The summed E-state index contributed by atoms with van der Waals surface area (Å²) in [5.74, 6) is -0.319. The van der Waals surface area contributed by atoms with Gasteiger partial charge in [0.1, 0.15) is 5.75 Å². The van der Waals surface area contributed by atoms with Gasteiger partial charge in [0.05, 0.1) is 16.3 Å². The minimum absolute atomic E-state index is 0.0493. The van der Waals surface area contributed by atoms with E-state index in [9.17, 15) is 9.90 Å². The standard InChI is InChI=1S/C14H11Br2N3O2/c1-8-2-3-9(6-17-8)14(21)19-18-7-10-4-11(15)5-12(16)13(10)20/h2-7,20H,1H3,(H,19,21)/b18-7+. The van der Waals surface area contributed by atoms with Crippen molar-refractivity contribution >= 4 is 44.0 Å². The number of phenolic OH excluding ortho intramolecular Hbond substituents is 1. The van der Waals surface area contributed by atoms with Gasteiger partial charge < -0.3 is 5.11 Å². The van der Waals surface area contributed by atoms with E-state index in [1.54, 1.807) is 24.3 Å². The average Bonchev–Trinajstić information content (AvgIpc) is 2.44. The number of phenols is 1. The van der Waals surface area contributed by atoms with E-state index in [0.717, 1.165) is 10.2 Å². The Kier molecular flexibility index (Phi) is 5.08. The first kappa shape index (κ1) is 15.7. The van der Waals surface area contributed by atoms with Crippen molar-refractivity contribution in [2.45, 2.75) is 6.92 Å². The number of hydrogen-bond donors (Lipinski definition) is 2. The molecular formula is C14H11Br2N3O2. The molecule has 5 nitrogen and oxygen atoms in total. The molecule has 0 spiro atoms. The molecule has 0 aliphatic heterocycles. The summed E-state index contributed by atoms with van der Waals surface area (Å²) >= 11 is 6.54. The number of pyridine rings is 1. The third-order valence-electron chi connectivity index (χ3n) is 2.60. The lowest BCUT2D eigenvalue weighted by Crippen LogP contribution is -2.17. The summed E-state index contributed by atoms with van der Waals surface area (Å²) in [6, 6.07) is 6.81. The van der Waals surface area contributed by atoms with Crippen molar-refractivity contribution in [1.29, 1.82) is 0 Å². The predicted octanol–water partition coefficient (Wildman–Crippen LogP) is 3.38. The second-order valence-electron chi connectivity index (χ2n) is 4.21. The Morgan fingerprint density at radius 3 is 2.81 bits per heavy atom. The summed E-state index contributed by atoms with van der Waals surface area (Å²) in [5, 5.41) is 13.7. The zero-order valence-corrected chi connectivity index (χ0v) is 14.1.